The fourth-order valence-corrected chi connectivity index (χ4v) is 2.87. The lowest BCUT2D eigenvalue weighted by atomic mass is 10.1. The van der Waals surface area contributed by atoms with E-state index in [1.54, 1.807) is 0 Å². The van der Waals surface area contributed by atoms with Crippen molar-refractivity contribution in [2.75, 3.05) is 19.6 Å². The molecule has 1 heterocycles. The number of nitrogens with zero attached hydrogens (tertiary/aromatic N) is 1. The molecule has 2 atom stereocenters. The van der Waals surface area contributed by atoms with E-state index in [1.165, 1.54) is 12.8 Å². The fraction of sp³-hybridized carbons (Fsp3) is 0.923. The molecule has 98 valence electrons. The molecule has 2 fully saturated rings. The number of piperazine rings is 1. The van der Waals surface area contributed by atoms with Gasteiger partial charge in [-0.15, -0.1) is 0 Å². The quantitative estimate of drug-likeness (QED) is 0.763. The largest absolute Gasteiger partial charge is 0.352 e. The van der Waals surface area contributed by atoms with Crippen LogP contribution in [0.3, 0.4) is 0 Å². The van der Waals surface area contributed by atoms with Gasteiger partial charge in [0.1, 0.15) is 0 Å². The lowest BCUT2D eigenvalue weighted by Gasteiger charge is -2.35. The van der Waals surface area contributed by atoms with Crippen molar-refractivity contribution < 1.29 is 4.79 Å². The third-order valence-electron chi connectivity index (χ3n) is 4.03. The van der Waals surface area contributed by atoms with Crippen molar-refractivity contribution in [1.82, 2.24) is 15.5 Å². The zero-order chi connectivity index (χ0) is 12.3. The second-order valence-electron chi connectivity index (χ2n) is 5.52. The van der Waals surface area contributed by atoms with Gasteiger partial charge in [-0.25, -0.2) is 0 Å². The van der Waals surface area contributed by atoms with Crippen LogP contribution in [0.25, 0.3) is 0 Å². The zero-order valence-corrected chi connectivity index (χ0v) is 11.0. The van der Waals surface area contributed by atoms with Crippen LogP contribution in [0.5, 0.6) is 0 Å². The summed E-state index contributed by atoms with van der Waals surface area (Å²) in [6, 6.07) is 0.941. The Hall–Kier alpha value is -0.610. The molecule has 1 saturated carbocycles. The van der Waals surface area contributed by atoms with Crippen molar-refractivity contribution >= 4 is 5.91 Å². The van der Waals surface area contributed by atoms with Crippen molar-refractivity contribution in [1.29, 1.82) is 0 Å². The summed E-state index contributed by atoms with van der Waals surface area (Å²) < 4.78 is 0. The molecule has 1 amide bonds. The third-order valence-corrected chi connectivity index (χ3v) is 4.03. The van der Waals surface area contributed by atoms with E-state index in [9.17, 15) is 4.79 Å². The van der Waals surface area contributed by atoms with Gasteiger partial charge in [0, 0.05) is 31.7 Å². The molecule has 1 aliphatic heterocycles. The van der Waals surface area contributed by atoms with Crippen molar-refractivity contribution in [3.8, 4) is 0 Å². The summed E-state index contributed by atoms with van der Waals surface area (Å²) >= 11 is 0. The molecular weight excluding hydrogens is 214 g/mol. The van der Waals surface area contributed by atoms with E-state index in [0.717, 1.165) is 32.5 Å². The molecule has 2 rings (SSSR count). The molecule has 2 aliphatic rings. The SMILES string of the molecule is CC1CN(C(C)C(=O)NC2CCCC2)CCN1. The molecule has 0 bridgehead atoms. The third kappa shape index (κ3) is 3.42. The molecule has 0 radical (unpaired) electrons. The first-order valence-corrected chi connectivity index (χ1v) is 6.94. The highest BCUT2D eigenvalue weighted by Gasteiger charge is 2.27. The van der Waals surface area contributed by atoms with E-state index in [-0.39, 0.29) is 11.9 Å². The molecule has 0 aromatic rings. The Morgan fingerprint density at radius 2 is 2.12 bits per heavy atom. The minimum atomic E-state index is 0.0140. The number of nitrogens with one attached hydrogen (secondary N) is 2. The lowest BCUT2D eigenvalue weighted by Crippen LogP contribution is -2.56. The van der Waals surface area contributed by atoms with Gasteiger partial charge < -0.3 is 10.6 Å². The number of carbonyl (C=O) groups is 1. The Morgan fingerprint density at radius 1 is 1.41 bits per heavy atom. The van der Waals surface area contributed by atoms with E-state index < -0.39 is 0 Å². The summed E-state index contributed by atoms with van der Waals surface area (Å²) in [5.41, 5.74) is 0. The van der Waals surface area contributed by atoms with E-state index in [1.807, 2.05) is 6.92 Å². The Kier molecular flexibility index (Phi) is 4.40. The maximum atomic E-state index is 12.1. The summed E-state index contributed by atoms with van der Waals surface area (Å²) in [5, 5.41) is 6.60. The maximum absolute atomic E-state index is 12.1. The molecule has 2 unspecified atom stereocenters. The maximum Gasteiger partial charge on any atom is 0.237 e. The molecule has 0 spiro atoms. The highest BCUT2D eigenvalue weighted by Crippen LogP contribution is 2.18. The van der Waals surface area contributed by atoms with Crippen molar-refractivity contribution in [3.05, 3.63) is 0 Å². The standard InChI is InChI=1S/C13H25N3O/c1-10-9-16(8-7-14-10)11(2)13(17)15-12-5-3-4-6-12/h10-12,14H,3-9H2,1-2H3,(H,15,17). The molecule has 2 N–H and O–H groups in total. The Bertz CT molecular complexity index is 263. The van der Waals surface area contributed by atoms with Crippen molar-refractivity contribution in [3.63, 3.8) is 0 Å². The van der Waals surface area contributed by atoms with Crippen LogP contribution in [-0.2, 0) is 4.79 Å². The van der Waals surface area contributed by atoms with E-state index in [0.29, 0.717) is 12.1 Å². The first-order chi connectivity index (χ1) is 8.16. The van der Waals surface area contributed by atoms with Gasteiger partial charge in [0.15, 0.2) is 0 Å². The topological polar surface area (TPSA) is 44.4 Å². The predicted molar refractivity (Wildman–Crippen MR) is 68.9 cm³/mol. The van der Waals surface area contributed by atoms with Crippen molar-refractivity contribution in [2.45, 2.75) is 57.7 Å². The second kappa shape index (κ2) is 5.83. The van der Waals surface area contributed by atoms with E-state index in [2.05, 4.69) is 22.5 Å². The smallest absolute Gasteiger partial charge is 0.237 e. The molecule has 0 aromatic carbocycles. The molecule has 0 aromatic heterocycles. The monoisotopic (exact) mass is 239 g/mol. The second-order valence-corrected chi connectivity index (χ2v) is 5.52. The Labute approximate surface area is 104 Å². The average molecular weight is 239 g/mol. The van der Waals surface area contributed by atoms with Crippen LogP contribution < -0.4 is 10.6 Å². The first kappa shape index (κ1) is 12.8. The van der Waals surface area contributed by atoms with Crippen LogP contribution in [0.2, 0.25) is 0 Å². The summed E-state index contributed by atoms with van der Waals surface area (Å²) in [4.78, 5) is 14.4. The number of rotatable bonds is 3. The van der Waals surface area contributed by atoms with Gasteiger partial charge in [-0.2, -0.15) is 0 Å². The zero-order valence-electron chi connectivity index (χ0n) is 11.0. The number of carbonyl (C=O) groups excluding carboxylic acids is 1. The van der Waals surface area contributed by atoms with E-state index in [4.69, 9.17) is 0 Å². The molecular formula is C13H25N3O. The molecule has 4 nitrogen and oxygen atoms in total. The predicted octanol–water partition coefficient (Wildman–Crippen LogP) is 0.727. The molecule has 1 saturated heterocycles. The Morgan fingerprint density at radius 3 is 2.76 bits per heavy atom. The minimum Gasteiger partial charge on any atom is -0.352 e. The van der Waals surface area contributed by atoms with Gasteiger partial charge in [-0.1, -0.05) is 12.8 Å². The van der Waals surface area contributed by atoms with Gasteiger partial charge in [0.2, 0.25) is 5.91 Å². The highest BCUT2D eigenvalue weighted by molar-refractivity contribution is 5.81. The summed E-state index contributed by atoms with van der Waals surface area (Å²) in [5.74, 6) is 0.214. The minimum absolute atomic E-state index is 0.0140. The lowest BCUT2D eigenvalue weighted by molar-refractivity contribution is -0.127. The van der Waals surface area contributed by atoms with Gasteiger partial charge in [0.05, 0.1) is 6.04 Å². The molecule has 4 heteroatoms. The van der Waals surface area contributed by atoms with Crippen LogP contribution in [-0.4, -0.2) is 48.6 Å². The van der Waals surface area contributed by atoms with Gasteiger partial charge in [0.25, 0.3) is 0 Å². The normalized spacial score (nSPS) is 29.2. The van der Waals surface area contributed by atoms with Gasteiger partial charge in [-0.3, -0.25) is 9.69 Å². The number of amides is 1. The van der Waals surface area contributed by atoms with Gasteiger partial charge in [-0.05, 0) is 26.7 Å². The summed E-state index contributed by atoms with van der Waals surface area (Å²) in [7, 11) is 0. The van der Waals surface area contributed by atoms with Crippen LogP contribution in [0.1, 0.15) is 39.5 Å². The van der Waals surface area contributed by atoms with Gasteiger partial charge >= 0.3 is 0 Å². The molecule has 17 heavy (non-hydrogen) atoms. The molecule has 1 aliphatic carbocycles. The number of hydrogen-bond acceptors (Lipinski definition) is 3. The summed E-state index contributed by atoms with van der Waals surface area (Å²) in [6.45, 7) is 7.14. The van der Waals surface area contributed by atoms with Crippen LogP contribution in [0.15, 0.2) is 0 Å². The first-order valence-electron chi connectivity index (χ1n) is 6.94. The van der Waals surface area contributed by atoms with Crippen LogP contribution in [0.4, 0.5) is 0 Å². The Balaban J connectivity index is 1.80. The van der Waals surface area contributed by atoms with Crippen molar-refractivity contribution in [2.24, 2.45) is 0 Å². The van der Waals surface area contributed by atoms with E-state index >= 15 is 0 Å². The van der Waals surface area contributed by atoms with Crippen LogP contribution >= 0.6 is 0 Å². The average Bonchev–Trinajstić information content (AvgIpc) is 2.80. The highest BCUT2D eigenvalue weighted by atomic mass is 16.2. The van der Waals surface area contributed by atoms with Crippen LogP contribution in [0, 0.1) is 0 Å². The summed E-state index contributed by atoms with van der Waals surface area (Å²) in [6.07, 6.45) is 4.86. The number of hydrogen-bond donors (Lipinski definition) is 2. The fourth-order valence-electron chi connectivity index (χ4n) is 2.87.